The second-order valence-corrected chi connectivity index (χ2v) is 6.53. The second-order valence-electron chi connectivity index (χ2n) is 6.53. The highest BCUT2D eigenvalue weighted by molar-refractivity contribution is 5.95. The van der Waals surface area contributed by atoms with Gasteiger partial charge in [0.25, 0.3) is 5.91 Å². The Bertz CT molecular complexity index is 471. The topological polar surface area (TPSA) is 58.4 Å². The molecule has 1 fully saturated rings. The number of nitrogen functional groups attached to an aromatic ring is 1. The van der Waals surface area contributed by atoms with Crippen molar-refractivity contribution in [1.29, 1.82) is 0 Å². The van der Waals surface area contributed by atoms with Gasteiger partial charge in [-0.15, -0.1) is 0 Å². The van der Waals surface area contributed by atoms with Gasteiger partial charge in [0.1, 0.15) is 0 Å². The molecule has 0 bridgehead atoms. The smallest absolute Gasteiger partial charge is 0.251 e. The summed E-state index contributed by atoms with van der Waals surface area (Å²) in [6.07, 6.45) is 2.01. The molecule has 4 heteroatoms. The molecule has 1 amide bonds. The Kier molecular flexibility index (Phi) is 4.33. The van der Waals surface area contributed by atoms with Crippen molar-refractivity contribution >= 4 is 11.6 Å². The SMILES string of the molecule is CC(C)(C)N1CCC(NC(=O)c2cccc(N)c2)CC1. The van der Waals surface area contributed by atoms with Gasteiger partial charge in [-0.05, 0) is 51.8 Å². The molecular weight excluding hydrogens is 250 g/mol. The Morgan fingerprint density at radius 1 is 1.30 bits per heavy atom. The zero-order valence-electron chi connectivity index (χ0n) is 12.6. The number of amides is 1. The van der Waals surface area contributed by atoms with E-state index in [1.165, 1.54) is 0 Å². The predicted molar refractivity (Wildman–Crippen MR) is 82.7 cm³/mol. The lowest BCUT2D eigenvalue weighted by atomic mass is 9.98. The number of nitrogens with two attached hydrogens (primary N) is 1. The fourth-order valence-electron chi connectivity index (χ4n) is 2.64. The lowest BCUT2D eigenvalue weighted by molar-refractivity contribution is 0.0812. The van der Waals surface area contributed by atoms with Gasteiger partial charge in [0, 0.05) is 35.9 Å². The van der Waals surface area contributed by atoms with Crippen LogP contribution in [0.5, 0.6) is 0 Å². The maximum absolute atomic E-state index is 12.2. The summed E-state index contributed by atoms with van der Waals surface area (Å²) >= 11 is 0. The van der Waals surface area contributed by atoms with Gasteiger partial charge in [0.15, 0.2) is 0 Å². The molecule has 0 unspecified atom stereocenters. The molecule has 0 radical (unpaired) electrons. The molecule has 0 saturated carbocycles. The zero-order chi connectivity index (χ0) is 14.8. The van der Waals surface area contributed by atoms with Gasteiger partial charge in [0.05, 0.1) is 0 Å². The molecule has 110 valence electrons. The molecule has 0 aliphatic carbocycles. The Morgan fingerprint density at radius 3 is 2.50 bits per heavy atom. The van der Waals surface area contributed by atoms with Crippen molar-refractivity contribution in [3.63, 3.8) is 0 Å². The number of anilines is 1. The summed E-state index contributed by atoms with van der Waals surface area (Å²) in [6.45, 7) is 8.77. The van der Waals surface area contributed by atoms with Gasteiger partial charge in [-0.3, -0.25) is 9.69 Å². The third-order valence-corrected chi connectivity index (χ3v) is 3.93. The first kappa shape index (κ1) is 14.9. The molecule has 20 heavy (non-hydrogen) atoms. The number of likely N-dealkylation sites (tertiary alicyclic amines) is 1. The number of carbonyl (C=O) groups is 1. The monoisotopic (exact) mass is 275 g/mol. The second kappa shape index (κ2) is 5.83. The zero-order valence-corrected chi connectivity index (χ0v) is 12.6. The highest BCUT2D eigenvalue weighted by Crippen LogP contribution is 2.20. The number of piperidine rings is 1. The number of hydrogen-bond donors (Lipinski definition) is 2. The Balaban J connectivity index is 1.88. The summed E-state index contributed by atoms with van der Waals surface area (Å²) in [5.41, 5.74) is 7.19. The Morgan fingerprint density at radius 2 is 1.95 bits per heavy atom. The summed E-state index contributed by atoms with van der Waals surface area (Å²) in [5.74, 6) is -0.0218. The molecule has 1 aliphatic rings. The van der Waals surface area contributed by atoms with E-state index in [0.29, 0.717) is 11.3 Å². The van der Waals surface area contributed by atoms with Gasteiger partial charge in [-0.25, -0.2) is 0 Å². The highest BCUT2D eigenvalue weighted by Gasteiger charge is 2.27. The van der Waals surface area contributed by atoms with E-state index in [4.69, 9.17) is 5.73 Å². The minimum atomic E-state index is -0.0218. The molecule has 0 spiro atoms. The van der Waals surface area contributed by atoms with Crippen LogP contribution in [0.1, 0.15) is 44.0 Å². The molecule has 1 saturated heterocycles. The first-order valence-electron chi connectivity index (χ1n) is 7.28. The third kappa shape index (κ3) is 3.73. The summed E-state index contributed by atoms with van der Waals surface area (Å²) in [4.78, 5) is 14.6. The van der Waals surface area contributed by atoms with Gasteiger partial charge >= 0.3 is 0 Å². The van der Waals surface area contributed by atoms with Crippen LogP contribution in [0.4, 0.5) is 5.69 Å². The van der Waals surface area contributed by atoms with Crippen LogP contribution in [0.3, 0.4) is 0 Å². The van der Waals surface area contributed by atoms with Crippen molar-refractivity contribution in [2.45, 2.75) is 45.2 Å². The maximum atomic E-state index is 12.2. The molecule has 1 aliphatic heterocycles. The van der Waals surface area contributed by atoms with Crippen molar-refractivity contribution in [1.82, 2.24) is 10.2 Å². The van der Waals surface area contributed by atoms with Crippen LogP contribution in [-0.2, 0) is 0 Å². The van der Waals surface area contributed by atoms with Crippen molar-refractivity contribution in [2.75, 3.05) is 18.8 Å². The molecule has 2 rings (SSSR count). The van der Waals surface area contributed by atoms with Crippen LogP contribution in [0, 0.1) is 0 Å². The minimum Gasteiger partial charge on any atom is -0.399 e. The maximum Gasteiger partial charge on any atom is 0.251 e. The molecule has 1 aromatic carbocycles. The number of benzene rings is 1. The van der Waals surface area contributed by atoms with Gasteiger partial charge in [-0.2, -0.15) is 0 Å². The van der Waals surface area contributed by atoms with E-state index < -0.39 is 0 Å². The quantitative estimate of drug-likeness (QED) is 0.814. The standard InChI is InChI=1S/C16H25N3O/c1-16(2,3)19-9-7-14(8-10-19)18-15(20)12-5-4-6-13(17)11-12/h4-6,11,14H,7-10,17H2,1-3H3,(H,18,20). The Hall–Kier alpha value is -1.55. The lowest BCUT2D eigenvalue weighted by Gasteiger charge is -2.41. The van der Waals surface area contributed by atoms with Crippen LogP contribution in [-0.4, -0.2) is 35.5 Å². The average molecular weight is 275 g/mol. The molecule has 1 aromatic rings. The summed E-state index contributed by atoms with van der Waals surface area (Å²) in [6, 6.07) is 7.39. The summed E-state index contributed by atoms with van der Waals surface area (Å²) in [7, 11) is 0. The molecule has 1 heterocycles. The first-order chi connectivity index (χ1) is 9.36. The molecule has 0 aromatic heterocycles. The van der Waals surface area contributed by atoms with E-state index in [9.17, 15) is 4.79 Å². The van der Waals surface area contributed by atoms with Crippen LogP contribution in [0.25, 0.3) is 0 Å². The van der Waals surface area contributed by atoms with E-state index in [1.54, 1.807) is 18.2 Å². The Labute approximate surface area is 121 Å². The highest BCUT2D eigenvalue weighted by atomic mass is 16.1. The number of hydrogen-bond acceptors (Lipinski definition) is 3. The number of carbonyl (C=O) groups excluding carboxylic acids is 1. The van der Waals surface area contributed by atoms with Gasteiger partial charge in [0.2, 0.25) is 0 Å². The van der Waals surface area contributed by atoms with E-state index in [-0.39, 0.29) is 17.5 Å². The van der Waals surface area contributed by atoms with E-state index >= 15 is 0 Å². The predicted octanol–water partition coefficient (Wildman–Crippen LogP) is 2.26. The normalized spacial score (nSPS) is 17.9. The van der Waals surface area contributed by atoms with Crippen molar-refractivity contribution < 1.29 is 4.79 Å². The largest absolute Gasteiger partial charge is 0.399 e. The summed E-state index contributed by atoms with van der Waals surface area (Å²) < 4.78 is 0. The molecule has 3 N–H and O–H groups in total. The van der Waals surface area contributed by atoms with Crippen LogP contribution >= 0.6 is 0 Å². The fourth-order valence-corrected chi connectivity index (χ4v) is 2.64. The fraction of sp³-hybridized carbons (Fsp3) is 0.562. The number of rotatable bonds is 2. The van der Waals surface area contributed by atoms with Crippen LogP contribution in [0.15, 0.2) is 24.3 Å². The summed E-state index contributed by atoms with van der Waals surface area (Å²) in [5, 5.41) is 3.11. The number of nitrogens with one attached hydrogen (secondary N) is 1. The average Bonchev–Trinajstić information content (AvgIpc) is 2.38. The van der Waals surface area contributed by atoms with Crippen LogP contribution in [0.2, 0.25) is 0 Å². The van der Waals surface area contributed by atoms with Crippen molar-refractivity contribution in [2.24, 2.45) is 0 Å². The number of nitrogens with zero attached hydrogens (tertiary/aromatic N) is 1. The lowest BCUT2D eigenvalue weighted by Crippen LogP contribution is -2.50. The minimum absolute atomic E-state index is 0.0218. The van der Waals surface area contributed by atoms with Crippen LogP contribution < -0.4 is 11.1 Å². The van der Waals surface area contributed by atoms with E-state index in [0.717, 1.165) is 25.9 Å². The van der Waals surface area contributed by atoms with Gasteiger partial charge < -0.3 is 11.1 Å². The first-order valence-corrected chi connectivity index (χ1v) is 7.28. The van der Waals surface area contributed by atoms with E-state index in [1.807, 2.05) is 6.07 Å². The third-order valence-electron chi connectivity index (χ3n) is 3.93. The van der Waals surface area contributed by atoms with Crippen molar-refractivity contribution in [3.05, 3.63) is 29.8 Å². The van der Waals surface area contributed by atoms with Crippen molar-refractivity contribution in [3.8, 4) is 0 Å². The molecule has 4 nitrogen and oxygen atoms in total. The molecular formula is C16H25N3O. The molecule has 0 atom stereocenters. The van der Waals surface area contributed by atoms with Gasteiger partial charge in [-0.1, -0.05) is 6.07 Å². The van der Waals surface area contributed by atoms with E-state index in [2.05, 4.69) is 31.0 Å².